The number of aryl methyl sites for hydroxylation is 2. The van der Waals surface area contributed by atoms with Crippen LogP contribution in [-0.4, -0.2) is 31.3 Å². The van der Waals surface area contributed by atoms with E-state index in [9.17, 15) is 18.0 Å². The second-order valence-corrected chi connectivity index (χ2v) is 10.2. The first kappa shape index (κ1) is 24.6. The number of nitrogens with one attached hydrogen (secondary N) is 2. The topological polar surface area (TPSA) is 114 Å². The first-order valence-electron chi connectivity index (χ1n) is 10.2. The second-order valence-electron chi connectivity index (χ2n) is 7.59. The van der Waals surface area contributed by atoms with Gasteiger partial charge >= 0.3 is 5.97 Å². The van der Waals surface area contributed by atoms with E-state index in [1.54, 1.807) is 17.5 Å². The number of esters is 1. The lowest BCUT2D eigenvalue weighted by atomic mass is 10.2. The highest BCUT2D eigenvalue weighted by molar-refractivity contribution is 7.89. The predicted octanol–water partition coefficient (Wildman–Crippen LogP) is 3.35. The lowest BCUT2D eigenvalue weighted by Gasteiger charge is -2.13. The molecule has 0 saturated heterocycles. The minimum absolute atomic E-state index is 0.0702. The minimum Gasteiger partial charge on any atom is -0.458 e. The molecule has 33 heavy (non-hydrogen) atoms. The maximum atomic E-state index is 12.4. The summed E-state index contributed by atoms with van der Waals surface area (Å²) in [5.74, 6) is -0.923. The van der Waals surface area contributed by atoms with Gasteiger partial charge in [0.05, 0.1) is 17.0 Å². The number of benzene rings is 2. The quantitative estimate of drug-likeness (QED) is 0.448. The molecular weight excluding hydrogens is 462 g/mol. The lowest BCUT2D eigenvalue weighted by Crippen LogP contribution is -2.39. The van der Waals surface area contributed by atoms with Crippen molar-refractivity contribution in [2.24, 2.45) is 0 Å². The fraction of sp³-hybridized carbons (Fsp3) is 0.261. The Morgan fingerprint density at radius 3 is 2.27 bits per heavy atom. The van der Waals surface area contributed by atoms with E-state index < -0.39 is 22.0 Å². The SMILES string of the molecule is Cc1ccc(NC(=O)Cc2nc(COC(=O)[C@H](C)NS(=O)(=O)c3ccc(C)cc3)cs2)cc1. The predicted molar refractivity (Wildman–Crippen MR) is 126 cm³/mol. The number of amides is 1. The largest absolute Gasteiger partial charge is 0.458 e. The number of sulfonamides is 1. The third-order valence-corrected chi connectivity index (χ3v) is 7.08. The zero-order valence-electron chi connectivity index (χ0n) is 18.5. The van der Waals surface area contributed by atoms with Gasteiger partial charge in [-0.1, -0.05) is 35.4 Å². The normalized spacial score (nSPS) is 12.2. The van der Waals surface area contributed by atoms with E-state index in [0.717, 1.165) is 11.1 Å². The van der Waals surface area contributed by atoms with E-state index in [2.05, 4.69) is 15.0 Å². The molecule has 0 saturated carbocycles. The Labute approximate surface area is 197 Å². The van der Waals surface area contributed by atoms with Crippen molar-refractivity contribution < 1.29 is 22.7 Å². The van der Waals surface area contributed by atoms with Crippen LogP contribution in [0.5, 0.6) is 0 Å². The second kappa shape index (κ2) is 10.7. The number of rotatable bonds is 9. The highest BCUT2D eigenvalue weighted by Crippen LogP contribution is 2.15. The molecule has 174 valence electrons. The standard InChI is InChI=1S/C23H25N3O5S2/c1-15-4-8-18(9-5-15)24-21(27)12-22-25-19(14-32-22)13-31-23(28)17(3)26-33(29,30)20-10-6-16(2)7-11-20/h4-11,14,17,26H,12-13H2,1-3H3,(H,24,27)/t17-/m0/s1. The van der Waals surface area contributed by atoms with Crippen molar-refractivity contribution in [1.82, 2.24) is 9.71 Å². The maximum Gasteiger partial charge on any atom is 0.324 e. The zero-order chi connectivity index (χ0) is 24.0. The molecule has 0 aliphatic rings. The van der Waals surface area contributed by atoms with Crippen molar-refractivity contribution in [3.8, 4) is 0 Å². The van der Waals surface area contributed by atoms with Crippen molar-refractivity contribution in [2.75, 3.05) is 5.32 Å². The molecule has 1 heterocycles. The molecule has 2 aromatic carbocycles. The summed E-state index contributed by atoms with van der Waals surface area (Å²) in [5, 5.41) is 5.09. The molecule has 3 aromatic rings. The number of carbonyl (C=O) groups excluding carboxylic acids is 2. The van der Waals surface area contributed by atoms with E-state index in [0.29, 0.717) is 16.4 Å². The monoisotopic (exact) mass is 487 g/mol. The van der Waals surface area contributed by atoms with Gasteiger partial charge in [-0.15, -0.1) is 11.3 Å². The van der Waals surface area contributed by atoms with Gasteiger partial charge in [0.1, 0.15) is 17.7 Å². The lowest BCUT2D eigenvalue weighted by molar-refractivity contribution is -0.146. The van der Waals surface area contributed by atoms with E-state index >= 15 is 0 Å². The van der Waals surface area contributed by atoms with Crippen LogP contribution in [0.25, 0.3) is 0 Å². The van der Waals surface area contributed by atoms with Crippen molar-refractivity contribution in [3.63, 3.8) is 0 Å². The van der Waals surface area contributed by atoms with Crippen molar-refractivity contribution in [1.29, 1.82) is 0 Å². The Balaban J connectivity index is 1.48. The van der Waals surface area contributed by atoms with Gasteiger partial charge in [-0.05, 0) is 45.0 Å². The molecule has 0 fully saturated rings. The summed E-state index contributed by atoms with van der Waals surface area (Å²) in [6, 6.07) is 12.7. The van der Waals surface area contributed by atoms with Crippen LogP contribution in [0.3, 0.4) is 0 Å². The van der Waals surface area contributed by atoms with E-state index in [1.807, 2.05) is 38.1 Å². The number of hydrogen-bond acceptors (Lipinski definition) is 7. The Kier molecular flexibility index (Phi) is 7.96. The maximum absolute atomic E-state index is 12.4. The van der Waals surface area contributed by atoms with Crippen LogP contribution in [-0.2, 0) is 37.4 Å². The fourth-order valence-corrected chi connectivity index (χ4v) is 4.78. The van der Waals surface area contributed by atoms with E-state index in [1.165, 1.54) is 30.4 Å². The molecular formula is C23H25N3O5S2. The highest BCUT2D eigenvalue weighted by Gasteiger charge is 2.23. The summed E-state index contributed by atoms with van der Waals surface area (Å²) >= 11 is 1.28. The van der Waals surface area contributed by atoms with Crippen LogP contribution in [0.4, 0.5) is 5.69 Å². The van der Waals surface area contributed by atoms with E-state index in [4.69, 9.17) is 4.74 Å². The van der Waals surface area contributed by atoms with Crippen LogP contribution in [0, 0.1) is 13.8 Å². The molecule has 1 atom stereocenters. The first-order chi connectivity index (χ1) is 15.6. The third kappa shape index (κ3) is 7.21. The number of anilines is 1. The van der Waals surface area contributed by atoms with Gasteiger partial charge in [0.25, 0.3) is 0 Å². The summed E-state index contributed by atoms with van der Waals surface area (Å²) < 4.78 is 32.3. The Morgan fingerprint density at radius 1 is 1.03 bits per heavy atom. The van der Waals surface area contributed by atoms with Crippen LogP contribution in [0.1, 0.15) is 28.8 Å². The molecule has 10 heteroatoms. The molecule has 8 nitrogen and oxygen atoms in total. The summed E-state index contributed by atoms with van der Waals surface area (Å²) in [7, 11) is -3.85. The average Bonchev–Trinajstić information content (AvgIpc) is 3.20. The zero-order valence-corrected chi connectivity index (χ0v) is 20.1. The molecule has 0 aliphatic carbocycles. The van der Waals surface area contributed by atoms with Crippen molar-refractivity contribution in [2.45, 2.75) is 44.7 Å². The number of carbonyl (C=O) groups is 2. The van der Waals surface area contributed by atoms with Gasteiger partial charge in [0, 0.05) is 11.1 Å². The summed E-state index contributed by atoms with van der Waals surface area (Å²) in [5.41, 5.74) is 3.22. The summed E-state index contributed by atoms with van der Waals surface area (Å²) in [6.07, 6.45) is 0.0965. The summed E-state index contributed by atoms with van der Waals surface area (Å²) in [6.45, 7) is 5.11. The Morgan fingerprint density at radius 2 is 1.64 bits per heavy atom. The van der Waals surface area contributed by atoms with Gasteiger partial charge in [-0.3, -0.25) is 9.59 Å². The number of hydrogen-bond donors (Lipinski definition) is 2. The number of thiazole rings is 1. The number of nitrogens with zero attached hydrogens (tertiary/aromatic N) is 1. The van der Waals surface area contributed by atoms with Crippen molar-refractivity contribution >= 4 is 38.9 Å². The van der Waals surface area contributed by atoms with E-state index in [-0.39, 0.29) is 23.8 Å². The Bertz CT molecular complexity index is 1220. The Hall–Kier alpha value is -3.08. The number of aromatic nitrogens is 1. The minimum atomic E-state index is -3.85. The summed E-state index contributed by atoms with van der Waals surface area (Å²) in [4.78, 5) is 28.8. The molecule has 0 aliphatic heterocycles. The fourth-order valence-electron chi connectivity index (χ4n) is 2.81. The molecule has 2 N–H and O–H groups in total. The first-order valence-corrected chi connectivity index (χ1v) is 12.5. The van der Waals surface area contributed by atoms with Gasteiger partial charge in [-0.2, -0.15) is 4.72 Å². The van der Waals surface area contributed by atoms with Gasteiger partial charge < -0.3 is 10.1 Å². The van der Waals surface area contributed by atoms with Crippen LogP contribution >= 0.6 is 11.3 Å². The van der Waals surface area contributed by atoms with Gasteiger partial charge in [0.2, 0.25) is 15.9 Å². The molecule has 3 rings (SSSR count). The molecule has 0 bridgehead atoms. The molecule has 0 spiro atoms. The van der Waals surface area contributed by atoms with Gasteiger partial charge in [0.15, 0.2) is 0 Å². The molecule has 1 amide bonds. The highest BCUT2D eigenvalue weighted by atomic mass is 32.2. The average molecular weight is 488 g/mol. The van der Waals surface area contributed by atoms with Crippen LogP contribution < -0.4 is 10.0 Å². The molecule has 0 radical (unpaired) electrons. The van der Waals surface area contributed by atoms with Crippen LogP contribution in [0.15, 0.2) is 58.8 Å². The smallest absolute Gasteiger partial charge is 0.324 e. The molecule has 0 unspecified atom stereocenters. The third-order valence-electron chi connectivity index (χ3n) is 4.63. The number of ether oxygens (including phenoxy) is 1. The van der Waals surface area contributed by atoms with Gasteiger partial charge in [-0.25, -0.2) is 13.4 Å². The van der Waals surface area contributed by atoms with Crippen molar-refractivity contribution in [3.05, 3.63) is 75.7 Å². The molecule has 1 aromatic heterocycles. The van der Waals surface area contributed by atoms with Crippen LogP contribution in [0.2, 0.25) is 0 Å².